The van der Waals surface area contributed by atoms with Gasteiger partial charge in [-0.2, -0.15) is 0 Å². The van der Waals surface area contributed by atoms with Gasteiger partial charge in [-0.05, 0) is 19.1 Å². The number of carboxylic acid groups (broad SMARTS) is 2. The van der Waals surface area contributed by atoms with Gasteiger partial charge in [-0.1, -0.05) is 6.08 Å². The Morgan fingerprint density at radius 2 is 2.07 bits per heavy atom. The molecular formula is C9H8O5. The first-order valence-electron chi connectivity index (χ1n) is 4.01. The number of carboxylic acids is 2. The lowest BCUT2D eigenvalue weighted by Gasteiger charge is -2.13. The van der Waals surface area contributed by atoms with Crippen LogP contribution in [0.3, 0.4) is 0 Å². The van der Waals surface area contributed by atoms with Crippen LogP contribution in [0.4, 0.5) is 0 Å². The van der Waals surface area contributed by atoms with Crippen LogP contribution >= 0.6 is 0 Å². The molecule has 74 valence electrons. The molecule has 2 atom stereocenters. The van der Waals surface area contributed by atoms with E-state index in [2.05, 4.69) is 0 Å². The lowest BCUT2D eigenvalue weighted by Crippen LogP contribution is -2.35. The number of allylic oxidation sites excluding steroid dienone is 2. The molecule has 2 rings (SSSR count). The smallest absolute Gasteiger partial charge is 0.343 e. The number of rotatable bonds is 2. The van der Waals surface area contributed by atoms with Crippen molar-refractivity contribution < 1.29 is 24.5 Å². The van der Waals surface area contributed by atoms with Crippen molar-refractivity contribution in [3.8, 4) is 0 Å². The van der Waals surface area contributed by atoms with E-state index >= 15 is 0 Å². The molecule has 0 spiro atoms. The second kappa shape index (κ2) is 2.24. The highest BCUT2D eigenvalue weighted by Crippen LogP contribution is 2.55. The molecule has 14 heavy (non-hydrogen) atoms. The van der Waals surface area contributed by atoms with E-state index in [0.29, 0.717) is 0 Å². The second-order valence-electron chi connectivity index (χ2n) is 3.42. The molecule has 0 bridgehead atoms. The zero-order valence-electron chi connectivity index (χ0n) is 7.35. The molecule has 0 aromatic rings. The van der Waals surface area contributed by atoms with E-state index in [1.165, 1.54) is 25.2 Å². The van der Waals surface area contributed by atoms with Crippen LogP contribution in [0.2, 0.25) is 0 Å². The number of ether oxygens (including phenoxy) is 1. The summed E-state index contributed by atoms with van der Waals surface area (Å²) in [6.07, 6.45) is 4.12. The molecule has 1 fully saturated rings. The van der Waals surface area contributed by atoms with Crippen LogP contribution in [0.1, 0.15) is 6.92 Å². The molecule has 2 aliphatic rings. The third kappa shape index (κ3) is 0.773. The van der Waals surface area contributed by atoms with Gasteiger partial charge in [-0.3, -0.25) is 0 Å². The van der Waals surface area contributed by atoms with Gasteiger partial charge in [0.15, 0.2) is 0 Å². The maximum atomic E-state index is 10.9. The highest BCUT2D eigenvalue weighted by Gasteiger charge is 2.74. The fourth-order valence-corrected chi connectivity index (χ4v) is 1.78. The van der Waals surface area contributed by atoms with Crippen LogP contribution in [0, 0.1) is 0 Å². The Balaban J connectivity index is 2.46. The van der Waals surface area contributed by atoms with E-state index in [-0.39, 0.29) is 5.57 Å². The Labute approximate surface area is 79.3 Å². The first-order chi connectivity index (χ1) is 6.44. The summed E-state index contributed by atoms with van der Waals surface area (Å²) in [6.45, 7) is 1.46. The summed E-state index contributed by atoms with van der Waals surface area (Å²) in [4.78, 5) is 21.7. The van der Waals surface area contributed by atoms with Crippen molar-refractivity contribution in [2.75, 3.05) is 0 Å². The van der Waals surface area contributed by atoms with E-state index in [0.717, 1.165) is 0 Å². The van der Waals surface area contributed by atoms with Gasteiger partial charge >= 0.3 is 11.9 Å². The van der Waals surface area contributed by atoms with Crippen LogP contribution in [-0.2, 0) is 14.3 Å². The number of aliphatic carboxylic acids is 2. The van der Waals surface area contributed by atoms with Gasteiger partial charge in [0, 0.05) is 0 Å². The van der Waals surface area contributed by atoms with Gasteiger partial charge in [0.05, 0.1) is 5.57 Å². The minimum Gasteiger partial charge on any atom is -0.479 e. The number of carbonyl (C=O) groups is 2. The SMILES string of the molecule is CC12OC1(C(=O)O)C=CC=C2C(=O)O. The molecule has 0 aromatic heterocycles. The first-order valence-corrected chi connectivity index (χ1v) is 4.01. The van der Waals surface area contributed by atoms with Crippen molar-refractivity contribution in [1.82, 2.24) is 0 Å². The minimum atomic E-state index is -1.48. The van der Waals surface area contributed by atoms with Crippen LogP contribution in [0.5, 0.6) is 0 Å². The molecular weight excluding hydrogens is 188 g/mol. The average Bonchev–Trinajstić information content (AvgIpc) is 2.71. The van der Waals surface area contributed by atoms with Crippen LogP contribution < -0.4 is 0 Å². The van der Waals surface area contributed by atoms with Gasteiger partial charge in [0.25, 0.3) is 0 Å². The number of fused-ring (bicyclic) bond motifs is 1. The van der Waals surface area contributed by atoms with E-state index in [1.54, 1.807) is 0 Å². The molecule has 5 heteroatoms. The number of hydrogen-bond acceptors (Lipinski definition) is 3. The van der Waals surface area contributed by atoms with Gasteiger partial charge in [0.2, 0.25) is 5.60 Å². The zero-order chi connectivity index (χ0) is 10.6. The van der Waals surface area contributed by atoms with Crippen LogP contribution in [0.15, 0.2) is 23.8 Å². The van der Waals surface area contributed by atoms with E-state index < -0.39 is 23.1 Å². The maximum Gasteiger partial charge on any atom is 0.343 e. The predicted octanol–water partition coefficient (Wildman–Crippen LogP) is 0.179. The van der Waals surface area contributed by atoms with Gasteiger partial charge in [-0.15, -0.1) is 0 Å². The molecule has 1 heterocycles. The summed E-state index contributed by atoms with van der Waals surface area (Å²) in [7, 11) is 0. The molecule has 1 aliphatic heterocycles. The molecule has 5 nitrogen and oxygen atoms in total. The lowest BCUT2D eigenvalue weighted by atomic mass is 9.83. The monoisotopic (exact) mass is 196 g/mol. The highest BCUT2D eigenvalue weighted by atomic mass is 16.7. The third-order valence-electron chi connectivity index (χ3n) is 2.69. The number of epoxide rings is 1. The standard InChI is InChI=1S/C9H8O5/c1-8-5(6(10)11)3-2-4-9(8,14-8)7(12)13/h2-4H,1H3,(H,10,11)(H,12,13). The first kappa shape index (κ1) is 8.96. The van der Waals surface area contributed by atoms with Gasteiger partial charge in [-0.25, -0.2) is 9.59 Å². The minimum absolute atomic E-state index is 0.0256. The zero-order valence-corrected chi connectivity index (χ0v) is 7.35. The summed E-state index contributed by atoms with van der Waals surface area (Å²) < 4.78 is 5.05. The molecule has 0 amide bonds. The van der Waals surface area contributed by atoms with Crippen molar-refractivity contribution in [1.29, 1.82) is 0 Å². The largest absolute Gasteiger partial charge is 0.479 e. The van der Waals surface area contributed by atoms with E-state index in [9.17, 15) is 9.59 Å². The summed E-state index contributed by atoms with van der Waals surface area (Å²) in [5, 5.41) is 17.7. The Hall–Kier alpha value is -1.62. The molecule has 2 unspecified atom stereocenters. The summed E-state index contributed by atoms with van der Waals surface area (Å²) in [6, 6.07) is 0. The van der Waals surface area contributed by atoms with E-state index in [4.69, 9.17) is 14.9 Å². The van der Waals surface area contributed by atoms with Crippen LogP contribution in [0.25, 0.3) is 0 Å². The topological polar surface area (TPSA) is 87.1 Å². The van der Waals surface area contributed by atoms with Crippen molar-refractivity contribution >= 4 is 11.9 Å². The normalized spacial score (nSPS) is 38.5. The predicted molar refractivity (Wildman–Crippen MR) is 44.7 cm³/mol. The van der Waals surface area contributed by atoms with Crippen LogP contribution in [-0.4, -0.2) is 33.4 Å². The third-order valence-corrected chi connectivity index (χ3v) is 2.69. The molecule has 1 aliphatic carbocycles. The van der Waals surface area contributed by atoms with Gasteiger partial charge < -0.3 is 14.9 Å². The Bertz CT molecular complexity index is 394. The van der Waals surface area contributed by atoms with Crippen molar-refractivity contribution in [2.24, 2.45) is 0 Å². The Morgan fingerprint density at radius 3 is 2.57 bits per heavy atom. The lowest BCUT2D eigenvalue weighted by molar-refractivity contribution is -0.141. The molecule has 0 radical (unpaired) electrons. The van der Waals surface area contributed by atoms with E-state index in [1.807, 2.05) is 0 Å². The second-order valence-corrected chi connectivity index (χ2v) is 3.42. The Morgan fingerprint density at radius 1 is 1.43 bits per heavy atom. The molecule has 2 N–H and O–H groups in total. The fourth-order valence-electron chi connectivity index (χ4n) is 1.78. The highest BCUT2D eigenvalue weighted by molar-refractivity contribution is 5.98. The van der Waals surface area contributed by atoms with Crippen molar-refractivity contribution in [3.05, 3.63) is 23.8 Å². The fraction of sp³-hybridized carbons (Fsp3) is 0.333. The summed E-state index contributed by atoms with van der Waals surface area (Å²) in [5.74, 6) is -2.32. The van der Waals surface area contributed by atoms with Crippen molar-refractivity contribution in [3.63, 3.8) is 0 Å². The molecule has 0 aromatic carbocycles. The Kier molecular flexibility index (Phi) is 1.43. The molecule has 0 saturated carbocycles. The summed E-state index contributed by atoms with van der Waals surface area (Å²) in [5.41, 5.74) is -2.73. The quantitative estimate of drug-likeness (QED) is 0.615. The average molecular weight is 196 g/mol. The summed E-state index contributed by atoms with van der Waals surface area (Å²) >= 11 is 0. The molecule has 1 saturated heterocycles. The van der Waals surface area contributed by atoms with Crippen molar-refractivity contribution in [2.45, 2.75) is 18.1 Å². The number of hydrogen-bond donors (Lipinski definition) is 2. The van der Waals surface area contributed by atoms with Gasteiger partial charge in [0.1, 0.15) is 5.60 Å². The maximum absolute atomic E-state index is 10.9.